The number of ether oxygens (including phenoxy) is 1. The lowest BCUT2D eigenvalue weighted by Gasteiger charge is -2.27. The van der Waals surface area contributed by atoms with Crippen molar-refractivity contribution >= 4 is 29.1 Å². The Morgan fingerprint density at radius 3 is 2.61 bits per heavy atom. The highest BCUT2D eigenvalue weighted by Gasteiger charge is 2.72. The molecule has 4 atom stereocenters. The number of aryl methyl sites for hydroxylation is 1. The van der Waals surface area contributed by atoms with E-state index in [1.54, 1.807) is 37.3 Å². The number of nitrogens with zero attached hydrogens (tertiary/aromatic N) is 1. The summed E-state index contributed by atoms with van der Waals surface area (Å²) in [6.07, 6.45) is 3.49. The van der Waals surface area contributed by atoms with Gasteiger partial charge in [0.05, 0.1) is 29.7 Å². The van der Waals surface area contributed by atoms with Crippen LogP contribution in [0.25, 0.3) is 0 Å². The van der Waals surface area contributed by atoms with E-state index in [1.807, 2.05) is 6.92 Å². The summed E-state index contributed by atoms with van der Waals surface area (Å²) >= 11 is 6.13. The van der Waals surface area contributed by atoms with Gasteiger partial charge in [0.2, 0.25) is 11.8 Å². The van der Waals surface area contributed by atoms with Crippen LogP contribution in [0.15, 0.2) is 30.4 Å². The van der Waals surface area contributed by atoms with Gasteiger partial charge in [0, 0.05) is 5.02 Å². The zero-order chi connectivity index (χ0) is 16.6. The van der Waals surface area contributed by atoms with E-state index >= 15 is 0 Å². The fraction of sp³-hybridized carbons (Fsp3) is 0.412. The summed E-state index contributed by atoms with van der Waals surface area (Å²) in [5.41, 5.74) is -0.627. The number of rotatable bonds is 2. The van der Waals surface area contributed by atoms with Crippen molar-refractivity contribution in [3.8, 4) is 0 Å². The van der Waals surface area contributed by atoms with Crippen molar-refractivity contribution in [3.05, 3.63) is 40.9 Å². The SMILES string of the molecule is Cc1ccc(N2C(=O)[C@@H]3[C@@H](C2=O)[C@]2(C)C=C[C@]3(CO)O2)cc1Cl. The van der Waals surface area contributed by atoms with Crippen LogP contribution in [-0.2, 0) is 14.3 Å². The molecular weight excluding hydrogens is 318 g/mol. The summed E-state index contributed by atoms with van der Waals surface area (Å²) in [5.74, 6) is -1.97. The molecule has 0 spiro atoms. The van der Waals surface area contributed by atoms with Crippen LogP contribution in [0.4, 0.5) is 5.69 Å². The van der Waals surface area contributed by atoms with Gasteiger partial charge in [0.25, 0.3) is 0 Å². The molecule has 0 aromatic heterocycles. The van der Waals surface area contributed by atoms with Crippen molar-refractivity contribution in [3.63, 3.8) is 0 Å². The molecule has 1 N–H and O–H groups in total. The van der Waals surface area contributed by atoms with Gasteiger partial charge in [0.1, 0.15) is 5.60 Å². The standard InChI is InChI=1S/C17H16ClNO4/c1-9-3-4-10(7-11(9)18)19-14(21)12-13(15(19)22)17(8-20)6-5-16(12,2)23-17/h3-7,12-13,20H,8H2,1-2H3/t12-,13-,16-,17+/m0/s1. The number of halogens is 1. The fourth-order valence-corrected chi connectivity index (χ4v) is 4.19. The van der Waals surface area contributed by atoms with Crippen LogP contribution in [0.5, 0.6) is 0 Å². The maximum absolute atomic E-state index is 12.9. The first-order chi connectivity index (χ1) is 10.8. The van der Waals surface area contributed by atoms with Crippen molar-refractivity contribution in [2.24, 2.45) is 11.8 Å². The molecule has 2 amide bonds. The minimum absolute atomic E-state index is 0.304. The average molecular weight is 334 g/mol. The normalized spacial score (nSPS) is 37.8. The van der Waals surface area contributed by atoms with Gasteiger partial charge in [-0.2, -0.15) is 0 Å². The Bertz CT molecular complexity index is 776. The molecule has 3 heterocycles. The maximum Gasteiger partial charge on any atom is 0.241 e. The number of aliphatic hydroxyl groups excluding tert-OH is 1. The van der Waals surface area contributed by atoms with E-state index in [4.69, 9.17) is 16.3 Å². The summed E-state index contributed by atoms with van der Waals surface area (Å²) < 4.78 is 5.88. The molecule has 0 saturated carbocycles. The molecule has 3 aliphatic heterocycles. The molecule has 120 valence electrons. The molecule has 6 heteroatoms. The minimum Gasteiger partial charge on any atom is -0.393 e. The van der Waals surface area contributed by atoms with E-state index in [9.17, 15) is 14.7 Å². The van der Waals surface area contributed by atoms with Gasteiger partial charge in [-0.05, 0) is 31.5 Å². The van der Waals surface area contributed by atoms with Crippen LogP contribution in [-0.4, -0.2) is 34.7 Å². The predicted octanol–water partition coefficient (Wildman–Crippen LogP) is 1.84. The second kappa shape index (κ2) is 4.44. The quantitative estimate of drug-likeness (QED) is 0.662. The molecule has 23 heavy (non-hydrogen) atoms. The molecule has 2 fully saturated rings. The largest absolute Gasteiger partial charge is 0.393 e. The maximum atomic E-state index is 12.9. The zero-order valence-corrected chi connectivity index (χ0v) is 13.5. The highest BCUT2D eigenvalue weighted by atomic mass is 35.5. The molecule has 2 saturated heterocycles. The number of carbonyl (C=O) groups is 2. The van der Waals surface area contributed by atoms with Gasteiger partial charge in [-0.3, -0.25) is 9.59 Å². The van der Waals surface area contributed by atoms with Gasteiger partial charge in [0.15, 0.2) is 0 Å². The molecule has 0 unspecified atom stereocenters. The minimum atomic E-state index is -1.10. The highest BCUT2D eigenvalue weighted by molar-refractivity contribution is 6.32. The van der Waals surface area contributed by atoms with E-state index in [0.717, 1.165) is 5.56 Å². The van der Waals surface area contributed by atoms with Crippen molar-refractivity contribution in [2.75, 3.05) is 11.5 Å². The first-order valence-corrected chi connectivity index (χ1v) is 7.86. The van der Waals surface area contributed by atoms with Gasteiger partial charge < -0.3 is 9.84 Å². The summed E-state index contributed by atoms with van der Waals surface area (Å²) in [6, 6.07) is 5.11. The van der Waals surface area contributed by atoms with Gasteiger partial charge >= 0.3 is 0 Å². The Hall–Kier alpha value is -1.69. The zero-order valence-electron chi connectivity index (χ0n) is 12.7. The first kappa shape index (κ1) is 14.9. The lowest BCUT2D eigenvalue weighted by molar-refractivity contribution is -0.131. The highest BCUT2D eigenvalue weighted by Crippen LogP contribution is 2.57. The second-order valence-electron chi connectivity index (χ2n) is 6.63. The molecular formula is C17H16ClNO4. The van der Waals surface area contributed by atoms with Crippen LogP contribution in [0.2, 0.25) is 5.02 Å². The number of anilines is 1. The van der Waals surface area contributed by atoms with Crippen LogP contribution < -0.4 is 4.90 Å². The van der Waals surface area contributed by atoms with Crippen molar-refractivity contribution in [1.29, 1.82) is 0 Å². The van der Waals surface area contributed by atoms with Gasteiger partial charge in [-0.25, -0.2) is 4.90 Å². The number of fused-ring (bicyclic) bond motifs is 5. The topological polar surface area (TPSA) is 66.8 Å². The lowest BCUT2D eigenvalue weighted by Crippen LogP contribution is -2.43. The van der Waals surface area contributed by atoms with Crippen LogP contribution in [0, 0.1) is 18.8 Å². The van der Waals surface area contributed by atoms with Crippen molar-refractivity contribution in [2.45, 2.75) is 25.0 Å². The van der Waals surface area contributed by atoms with E-state index in [-0.39, 0.29) is 18.4 Å². The van der Waals surface area contributed by atoms with Crippen molar-refractivity contribution < 1.29 is 19.4 Å². The predicted molar refractivity (Wildman–Crippen MR) is 84.1 cm³/mol. The summed E-state index contributed by atoms with van der Waals surface area (Å²) in [7, 11) is 0. The summed E-state index contributed by atoms with van der Waals surface area (Å²) in [4.78, 5) is 27.0. The van der Waals surface area contributed by atoms with E-state index in [1.165, 1.54) is 4.90 Å². The number of amides is 2. The fourth-order valence-electron chi connectivity index (χ4n) is 4.02. The number of imide groups is 1. The number of hydrogen-bond donors (Lipinski definition) is 1. The molecule has 5 nitrogen and oxygen atoms in total. The third-order valence-electron chi connectivity index (χ3n) is 5.22. The molecule has 0 aliphatic carbocycles. The summed E-state index contributed by atoms with van der Waals surface area (Å²) in [6.45, 7) is 3.30. The molecule has 1 aromatic carbocycles. The Morgan fingerprint density at radius 1 is 1.26 bits per heavy atom. The number of hydrogen-bond acceptors (Lipinski definition) is 4. The van der Waals surface area contributed by atoms with Gasteiger partial charge in [-0.1, -0.05) is 29.8 Å². The van der Waals surface area contributed by atoms with Gasteiger partial charge in [-0.15, -0.1) is 0 Å². The number of benzene rings is 1. The van der Waals surface area contributed by atoms with Crippen LogP contribution in [0.1, 0.15) is 12.5 Å². The smallest absolute Gasteiger partial charge is 0.241 e. The summed E-state index contributed by atoms with van der Waals surface area (Å²) in [5, 5.41) is 10.3. The monoisotopic (exact) mass is 333 g/mol. The van der Waals surface area contributed by atoms with E-state index in [0.29, 0.717) is 10.7 Å². The average Bonchev–Trinajstić information content (AvgIpc) is 3.09. The first-order valence-electron chi connectivity index (χ1n) is 7.48. The lowest BCUT2D eigenvalue weighted by atomic mass is 9.73. The third-order valence-corrected chi connectivity index (χ3v) is 5.62. The Labute approximate surface area is 138 Å². The molecule has 2 bridgehead atoms. The number of carbonyl (C=O) groups excluding carboxylic acids is 2. The Morgan fingerprint density at radius 2 is 1.96 bits per heavy atom. The van der Waals surface area contributed by atoms with Crippen LogP contribution >= 0.6 is 11.6 Å². The van der Waals surface area contributed by atoms with Crippen molar-refractivity contribution in [1.82, 2.24) is 0 Å². The second-order valence-corrected chi connectivity index (χ2v) is 7.04. The third kappa shape index (κ3) is 1.70. The van der Waals surface area contributed by atoms with E-state index < -0.39 is 23.0 Å². The molecule has 4 rings (SSSR count). The Kier molecular flexibility index (Phi) is 2.87. The number of aliphatic hydroxyl groups is 1. The molecule has 0 radical (unpaired) electrons. The van der Waals surface area contributed by atoms with E-state index in [2.05, 4.69) is 0 Å². The van der Waals surface area contributed by atoms with Crippen LogP contribution in [0.3, 0.4) is 0 Å². The molecule has 3 aliphatic rings. The molecule has 1 aromatic rings. The Balaban J connectivity index is 1.81.